The minimum Gasteiger partial charge on any atom is -0.387 e. The van der Waals surface area contributed by atoms with Gasteiger partial charge in [0.15, 0.2) is 0 Å². The molecule has 3 N–H and O–H groups in total. The molecule has 0 fully saturated rings. The van der Waals surface area contributed by atoms with Gasteiger partial charge in [-0.05, 0) is 28.5 Å². The molecule has 3 aromatic rings. The minimum absolute atomic E-state index is 0.133. The van der Waals surface area contributed by atoms with E-state index in [0.717, 1.165) is 16.3 Å². The summed E-state index contributed by atoms with van der Waals surface area (Å²) in [5.74, 6) is -0.299. The molecule has 0 aliphatic carbocycles. The van der Waals surface area contributed by atoms with Gasteiger partial charge < -0.3 is 15.4 Å². The molecule has 3 rings (SSSR count). The fourth-order valence-electron chi connectivity index (χ4n) is 2.32. The van der Waals surface area contributed by atoms with Crippen LogP contribution in [0.5, 0.6) is 0 Å². The molecule has 0 radical (unpaired) electrons. The number of aromatic nitrogens is 1. The summed E-state index contributed by atoms with van der Waals surface area (Å²) in [4.78, 5) is 14.7. The molecule has 5 heteroatoms. The molecule has 0 saturated heterocycles. The fourth-order valence-corrected chi connectivity index (χ4v) is 2.48. The maximum Gasteiger partial charge on any atom is 0.267 e. The van der Waals surface area contributed by atoms with Crippen molar-refractivity contribution in [2.24, 2.45) is 0 Å². The molecule has 0 spiro atoms. The first-order valence-corrected chi connectivity index (χ1v) is 7.30. The van der Waals surface area contributed by atoms with Gasteiger partial charge in [-0.25, -0.2) is 0 Å². The average molecular weight is 315 g/mol. The van der Waals surface area contributed by atoms with E-state index in [2.05, 4.69) is 10.3 Å². The smallest absolute Gasteiger partial charge is 0.267 e. The largest absolute Gasteiger partial charge is 0.387 e. The number of carbonyl (C=O) groups excluding carboxylic acids is 1. The monoisotopic (exact) mass is 314 g/mol. The van der Waals surface area contributed by atoms with Crippen molar-refractivity contribution in [1.82, 2.24) is 10.3 Å². The van der Waals surface area contributed by atoms with Crippen molar-refractivity contribution in [3.63, 3.8) is 0 Å². The second-order valence-corrected chi connectivity index (χ2v) is 5.50. The summed E-state index contributed by atoms with van der Waals surface area (Å²) < 4.78 is 0. The predicted molar refractivity (Wildman–Crippen MR) is 87.0 cm³/mol. The highest BCUT2D eigenvalue weighted by Crippen LogP contribution is 2.20. The van der Waals surface area contributed by atoms with Crippen LogP contribution in [0.2, 0.25) is 5.02 Å². The minimum atomic E-state index is -0.765. The van der Waals surface area contributed by atoms with E-state index in [1.807, 2.05) is 42.5 Å². The van der Waals surface area contributed by atoms with Crippen LogP contribution in [0.15, 0.2) is 54.7 Å². The maximum atomic E-state index is 11.9. The highest BCUT2D eigenvalue weighted by atomic mass is 35.5. The number of aliphatic hydroxyl groups is 1. The van der Waals surface area contributed by atoms with Crippen molar-refractivity contribution in [2.45, 2.75) is 6.10 Å². The number of carbonyl (C=O) groups is 1. The van der Waals surface area contributed by atoms with Gasteiger partial charge in [0.1, 0.15) is 5.69 Å². The van der Waals surface area contributed by atoms with Crippen molar-refractivity contribution in [3.8, 4) is 0 Å². The Morgan fingerprint density at radius 2 is 1.95 bits per heavy atom. The lowest BCUT2D eigenvalue weighted by atomic mass is 10.0. The SMILES string of the molecule is O=C(NCC(O)c1ccc2ccccc2c1)c1cc(Cl)c[nH]1. The molecule has 0 aliphatic heterocycles. The molecule has 1 amide bonds. The van der Waals surface area contributed by atoms with E-state index in [9.17, 15) is 9.90 Å². The topological polar surface area (TPSA) is 65.1 Å². The average Bonchev–Trinajstić information content (AvgIpc) is 2.98. The number of aromatic amines is 1. The molecule has 2 aromatic carbocycles. The number of benzene rings is 2. The highest BCUT2D eigenvalue weighted by Gasteiger charge is 2.12. The summed E-state index contributed by atoms with van der Waals surface area (Å²) in [7, 11) is 0. The highest BCUT2D eigenvalue weighted by molar-refractivity contribution is 6.30. The van der Waals surface area contributed by atoms with Gasteiger partial charge >= 0.3 is 0 Å². The Morgan fingerprint density at radius 1 is 1.18 bits per heavy atom. The van der Waals surface area contributed by atoms with E-state index in [4.69, 9.17) is 11.6 Å². The standard InChI is InChI=1S/C17H15ClN2O2/c18-14-8-15(19-9-14)17(22)20-10-16(21)13-6-5-11-3-1-2-4-12(11)7-13/h1-9,16,19,21H,10H2,(H,20,22). The van der Waals surface area contributed by atoms with Gasteiger partial charge in [-0.2, -0.15) is 0 Å². The second-order valence-electron chi connectivity index (χ2n) is 5.06. The number of hydrogen-bond donors (Lipinski definition) is 3. The summed E-state index contributed by atoms with van der Waals surface area (Å²) in [6.45, 7) is 0.133. The molecule has 22 heavy (non-hydrogen) atoms. The number of hydrogen-bond acceptors (Lipinski definition) is 2. The fraction of sp³-hybridized carbons (Fsp3) is 0.118. The summed E-state index contributed by atoms with van der Waals surface area (Å²) in [6, 6.07) is 15.2. The molecular weight excluding hydrogens is 300 g/mol. The molecule has 1 atom stereocenters. The number of H-pyrrole nitrogens is 1. The number of aliphatic hydroxyl groups excluding tert-OH is 1. The van der Waals surface area contributed by atoms with E-state index < -0.39 is 6.10 Å². The number of rotatable bonds is 4. The lowest BCUT2D eigenvalue weighted by molar-refractivity contribution is 0.0912. The van der Waals surface area contributed by atoms with Crippen molar-refractivity contribution >= 4 is 28.3 Å². The van der Waals surface area contributed by atoms with Crippen LogP contribution in [0.1, 0.15) is 22.2 Å². The zero-order valence-corrected chi connectivity index (χ0v) is 12.5. The normalized spacial score (nSPS) is 12.3. The molecule has 0 aliphatic rings. The third-order valence-electron chi connectivity index (χ3n) is 3.51. The third kappa shape index (κ3) is 3.13. The Kier molecular flexibility index (Phi) is 4.13. The van der Waals surface area contributed by atoms with Gasteiger partial charge in [0, 0.05) is 12.7 Å². The lowest BCUT2D eigenvalue weighted by Crippen LogP contribution is -2.28. The van der Waals surface area contributed by atoms with E-state index in [0.29, 0.717) is 10.7 Å². The Morgan fingerprint density at radius 3 is 2.68 bits per heavy atom. The van der Waals surface area contributed by atoms with E-state index in [-0.39, 0.29) is 12.5 Å². The van der Waals surface area contributed by atoms with Crippen molar-refractivity contribution < 1.29 is 9.90 Å². The van der Waals surface area contributed by atoms with Crippen molar-refractivity contribution in [3.05, 3.63) is 71.0 Å². The van der Waals surface area contributed by atoms with Crippen LogP contribution in [-0.2, 0) is 0 Å². The van der Waals surface area contributed by atoms with Crippen LogP contribution in [0.4, 0.5) is 0 Å². The van der Waals surface area contributed by atoms with Gasteiger partial charge in [0.25, 0.3) is 5.91 Å². The van der Waals surface area contributed by atoms with Crippen LogP contribution in [0.25, 0.3) is 10.8 Å². The zero-order chi connectivity index (χ0) is 15.5. The summed E-state index contributed by atoms with van der Waals surface area (Å²) >= 11 is 5.76. The zero-order valence-electron chi connectivity index (χ0n) is 11.7. The predicted octanol–water partition coefficient (Wildman–Crippen LogP) is 3.28. The van der Waals surface area contributed by atoms with E-state index >= 15 is 0 Å². The molecule has 0 bridgehead atoms. The van der Waals surface area contributed by atoms with Gasteiger partial charge in [0.2, 0.25) is 0 Å². The van der Waals surface area contributed by atoms with Gasteiger partial charge in [-0.3, -0.25) is 4.79 Å². The van der Waals surface area contributed by atoms with Crippen LogP contribution < -0.4 is 5.32 Å². The molecule has 1 unspecified atom stereocenters. The first-order valence-electron chi connectivity index (χ1n) is 6.92. The van der Waals surface area contributed by atoms with Gasteiger partial charge in [0.05, 0.1) is 11.1 Å². The molecule has 1 heterocycles. The van der Waals surface area contributed by atoms with Crippen molar-refractivity contribution in [2.75, 3.05) is 6.54 Å². The van der Waals surface area contributed by atoms with Crippen LogP contribution in [0, 0.1) is 0 Å². The van der Waals surface area contributed by atoms with Crippen molar-refractivity contribution in [1.29, 1.82) is 0 Å². The Balaban J connectivity index is 1.68. The third-order valence-corrected chi connectivity index (χ3v) is 3.72. The number of amides is 1. The summed E-state index contributed by atoms with van der Waals surface area (Å²) in [6.07, 6.45) is 0.773. The van der Waals surface area contributed by atoms with Crippen LogP contribution in [-0.4, -0.2) is 22.5 Å². The number of halogens is 1. The Hall–Kier alpha value is -2.30. The van der Waals surface area contributed by atoms with E-state index in [1.54, 1.807) is 6.07 Å². The Labute approximate surface area is 132 Å². The molecule has 0 saturated carbocycles. The van der Waals surface area contributed by atoms with Crippen LogP contribution >= 0.6 is 11.6 Å². The van der Waals surface area contributed by atoms with E-state index in [1.165, 1.54) is 6.20 Å². The molecule has 1 aromatic heterocycles. The summed E-state index contributed by atoms with van der Waals surface area (Å²) in [5.41, 5.74) is 1.14. The quantitative estimate of drug-likeness (QED) is 0.692. The summed E-state index contributed by atoms with van der Waals surface area (Å²) in [5, 5.41) is 15.6. The van der Waals surface area contributed by atoms with Crippen LogP contribution in [0.3, 0.4) is 0 Å². The molecule has 4 nitrogen and oxygen atoms in total. The first kappa shape index (κ1) is 14.6. The van der Waals surface area contributed by atoms with Gasteiger partial charge in [-0.15, -0.1) is 0 Å². The lowest BCUT2D eigenvalue weighted by Gasteiger charge is -2.12. The van der Waals surface area contributed by atoms with Gasteiger partial charge in [-0.1, -0.05) is 48.0 Å². The first-order chi connectivity index (χ1) is 10.6. The Bertz CT molecular complexity index is 813. The number of fused-ring (bicyclic) bond motifs is 1. The maximum absolute atomic E-state index is 11.9. The molecular formula is C17H15ClN2O2. The second kappa shape index (κ2) is 6.22. The number of nitrogens with one attached hydrogen (secondary N) is 2. The molecule has 112 valence electrons.